The number of phenols is 1. The minimum absolute atomic E-state index is 0.0244. The summed E-state index contributed by atoms with van der Waals surface area (Å²) < 4.78 is 20.2. The summed E-state index contributed by atoms with van der Waals surface area (Å²) in [6, 6.07) is 1.88. The molecule has 0 saturated carbocycles. The number of aryl methyl sites for hydroxylation is 1. The Labute approximate surface area is 216 Å². The van der Waals surface area contributed by atoms with E-state index in [0.717, 1.165) is 36.1 Å². The number of hydrogen-bond acceptors (Lipinski definition) is 8. The van der Waals surface area contributed by atoms with Crippen LogP contribution in [0.3, 0.4) is 0 Å². The highest BCUT2D eigenvalue weighted by Gasteiger charge is 2.69. The number of imide groups is 1. The Morgan fingerprint density at radius 3 is 2.65 bits per heavy atom. The van der Waals surface area contributed by atoms with Crippen LogP contribution in [0.2, 0.25) is 0 Å². The van der Waals surface area contributed by atoms with Crippen LogP contribution in [-0.2, 0) is 42.0 Å². The Hall–Kier alpha value is -2.64. The fourth-order valence-electron chi connectivity index (χ4n) is 7.40. The number of likely N-dealkylation sites (tertiary alicyclic amines) is 1. The second-order valence-corrected chi connectivity index (χ2v) is 15.4. The number of likely N-dealkylation sites (N-methyl/N-ethyl adjacent to an activating group) is 1. The van der Waals surface area contributed by atoms with Crippen molar-refractivity contribution >= 4 is 24.9 Å². The van der Waals surface area contributed by atoms with Crippen LogP contribution < -0.4 is 4.74 Å². The predicted molar refractivity (Wildman–Crippen MR) is 135 cm³/mol. The Kier molecular flexibility index (Phi) is 5.29. The zero-order valence-corrected chi connectivity index (χ0v) is 22.5. The van der Waals surface area contributed by atoms with E-state index in [1.165, 1.54) is 0 Å². The number of aromatic hydroxyl groups is 1. The number of hydrogen-bond donors (Lipinski definition) is 1. The molecule has 3 heterocycles. The van der Waals surface area contributed by atoms with Gasteiger partial charge in [0.25, 0.3) is 11.8 Å². The molecular formula is C27H33N2O7P. The zero-order valence-electron chi connectivity index (χ0n) is 21.7. The molecule has 0 radical (unpaired) electrons. The van der Waals surface area contributed by atoms with Gasteiger partial charge in [0.15, 0.2) is 11.5 Å². The van der Waals surface area contributed by atoms with Gasteiger partial charge in [0.2, 0.25) is 0 Å². The summed E-state index contributed by atoms with van der Waals surface area (Å²) in [6.07, 6.45) is 5.88. The largest absolute Gasteiger partial charge is 0.504 e. The van der Waals surface area contributed by atoms with Crippen molar-refractivity contribution < 1.29 is 33.6 Å². The molecule has 10 heteroatoms. The molecule has 1 spiro atoms. The summed E-state index contributed by atoms with van der Waals surface area (Å²) in [5.41, 5.74) is 2.50. The molecule has 37 heavy (non-hydrogen) atoms. The first kappa shape index (κ1) is 24.7. The van der Waals surface area contributed by atoms with E-state index in [4.69, 9.17) is 9.57 Å². The molecule has 1 aromatic carbocycles. The van der Waals surface area contributed by atoms with E-state index in [2.05, 4.69) is 24.1 Å². The maximum atomic E-state index is 13.6. The third-order valence-electron chi connectivity index (χ3n) is 9.63. The number of hydroxylamine groups is 2. The van der Waals surface area contributed by atoms with E-state index < -0.39 is 35.5 Å². The van der Waals surface area contributed by atoms with Crippen LogP contribution in [0, 0.1) is 5.92 Å². The first-order valence-electron chi connectivity index (χ1n) is 12.9. The van der Waals surface area contributed by atoms with Crippen molar-refractivity contribution in [2.75, 3.05) is 26.9 Å². The topological polar surface area (TPSA) is 113 Å². The van der Waals surface area contributed by atoms with E-state index >= 15 is 0 Å². The number of carbonyl (C=O) groups excluding carboxylic acids is 3. The van der Waals surface area contributed by atoms with Crippen molar-refractivity contribution in [1.82, 2.24) is 9.96 Å². The zero-order chi connectivity index (χ0) is 26.5. The fraction of sp³-hybridized carbons (Fsp3) is 0.593. The number of carbonyl (C=O) groups is 3. The van der Waals surface area contributed by atoms with Crippen LogP contribution in [0.5, 0.6) is 11.5 Å². The highest BCUT2D eigenvalue weighted by molar-refractivity contribution is 7.64. The van der Waals surface area contributed by atoms with Crippen molar-refractivity contribution in [3.63, 3.8) is 0 Å². The fourth-order valence-corrected chi connectivity index (χ4v) is 8.69. The third kappa shape index (κ3) is 3.26. The van der Waals surface area contributed by atoms with Crippen LogP contribution in [0.1, 0.15) is 49.3 Å². The van der Waals surface area contributed by atoms with Gasteiger partial charge < -0.3 is 24.1 Å². The molecule has 3 aliphatic heterocycles. The lowest BCUT2D eigenvalue weighted by Crippen LogP contribution is -2.67. The van der Waals surface area contributed by atoms with Crippen molar-refractivity contribution in [1.29, 1.82) is 0 Å². The van der Waals surface area contributed by atoms with Gasteiger partial charge in [-0.05, 0) is 70.3 Å². The highest BCUT2D eigenvalue weighted by atomic mass is 31.2. The molecule has 5 atom stereocenters. The summed E-state index contributed by atoms with van der Waals surface area (Å²) in [4.78, 5) is 43.6. The van der Waals surface area contributed by atoms with E-state index in [9.17, 15) is 24.1 Å². The molecule has 6 rings (SSSR count). The van der Waals surface area contributed by atoms with Crippen molar-refractivity contribution in [3.05, 3.63) is 34.9 Å². The number of rotatable bonds is 5. The molecule has 2 aliphatic carbocycles. The van der Waals surface area contributed by atoms with E-state index in [1.807, 2.05) is 20.3 Å². The molecule has 1 aromatic rings. The molecule has 2 amide bonds. The molecule has 1 N–H and O–H groups in total. The van der Waals surface area contributed by atoms with Crippen LogP contribution in [-0.4, -0.2) is 77.1 Å². The molecule has 5 aliphatic rings. The van der Waals surface area contributed by atoms with Gasteiger partial charge >= 0.3 is 5.97 Å². The Balaban J connectivity index is 1.39. The first-order valence-corrected chi connectivity index (χ1v) is 15.5. The monoisotopic (exact) mass is 528 g/mol. The van der Waals surface area contributed by atoms with Gasteiger partial charge in [-0.3, -0.25) is 9.59 Å². The summed E-state index contributed by atoms with van der Waals surface area (Å²) >= 11 is 0. The van der Waals surface area contributed by atoms with Gasteiger partial charge in [-0.2, -0.15) is 0 Å². The summed E-state index contributed by atoms with van der Waals surface area (Å²) in [5, 5.41) is 11.0. The van der Waals surface area contributed by atoms with E-state index in [0.29, 0.717) is 17.2 Å². The van der Waals surface area contributed by atoms with Gasteiger partial charge in [-0.1, -0.05) is 12.2 Å². The van der Waals surface area contributed by atoms with Crippen molar-refractivity contribution in [2.24, 2.45) is 5.92 Å². The van der Waals surface area contributed by atoms with Gasteiger partial charge in [0.1, 0.15) is 6.10 Å². The smallest absolute Gasteiger partial charge is 0.333 e. The maximum absolute atomic E-state index is 13.6. The van der Waals surface area contributed by atoms with E-state index in [1.54, 1.807) is 6.07 Å². The van der Waals surface area contributed by atoms with Crippen molar-refractivity contribution in [2.45, 2.75) is 68.2 Å². The lowest BCUT2D eigenvalue weighted by Gasteiger charge is -2.59. The Morgan fingerprint density at radius 1 is 1.27 bits per heavy atom. The third-order valence-corrected chi connectivity index (χ3v) is 12.3. The number of piperidine rings is 1. The summed E-state index contributed by atoms with van der Waals surface area (Å²) in [7, 11) is -0.514. The molecule has 2 fully saturated rings. The second kappa shape index (κ2) is 7.93. The van der Waals surface area contributed by atoms with Crippen molar-refractivity contribution in [3.8, 4) is 11.5 Å². The molecule has 1 unspecified atom stereocenters. The molecule has 0 aromatic heterocycles. The normalized spacial score (nSPS) is 33.9. The minimum atomic E-state index is -2.64. The van der Waals surface area contributed by atoms with Gasteiger partial charge in [-0.25, -0.2) is 4.79 Å². The lowest BCUT2D eigenvalue weighted by molar-refractivity contribution is -0.197. The molecular weight excluding hydrogens is 495 g/mol. The second-order valence-electron chi connectivity index (χ2n) is 11.8. The minimum Gasteiger partial charge on any atom is -0.504 e. The average molecular weight is 529 g/mol. The Bertz CT molecular complexity index is 1300. The molecule has 9 nitrogen and oxygen atoms in total. The molecule has 2 saturated heterocycles. The first-order chi connectivity index (χ1) is 17.4. The summed E-state index contributed by atoms with van der Waals surface area (Å²) in [5.74, 6) is -1.01. The maximum Gasteiger partial charge on any atom is 0.333 e. The van der Waals surface area contributed by atoms with Gasteiger partial charge in [-0.15, -0.1) is 5.06 Å². The number of nitrogens with zero attached hydrogens (tertiary/aromatic N) is 2. The number of benzene rings is 1. The number of phenolic OH excluding ortho intramolecular Hbond substituents is 1. The predicted octanol–water partition coefficient (Wildman–Crippen LogP) is 2.76. The lowest BCUT2D eigenvalue weighted by atomic mass is 9.51. The van der Waals surface area contributed by atoms with E-state index in [-0.39, 0.29) is 43.1 Å². The van der Waals surface area contributed by atoms with Crippen LogP contribution >= 0.6 is 7.14 Å². The van der Waals surface area contributed by atoms with Crippen LogP contribution in [0.25, 0.3) is 0 Å². The number of amides is 2. The molecule has 2 bridgehead atoms. The number of ether oxygens (including phenoxy) is 1. The van der Waals surface area contributed by atoms with Gasteiger partial charge in [0.05, 0.1) is 18.7 Å². The molecule has 198 valence electrons. The summed E-state index contributed by atoms with van der Waals surface area (Å²) in [6.45, 7) is 6.51. The van der Waals surface area contributed by atoms with Crippen LogP contribution in [0.15, 0.2) is 18.2 Å². The Morgan fingerprint density at radius 2 is 1.97 bits per heavy atom. The van der Waals surface area contributed by atoms with Crippen LogP contribution in [0.4, 0.5) is 0 Å². The standard InChI is InChI=1S/C27H33N2O7P/c1-26(37(3,4)34)10-9-17-18-14-16-15(5-8-22(33)36-29-20(31)6-7-21(29)32)13-19(30)24-23(16)27(17,25(26)35-24)11-12-28(18)2/h9-10,13,17-18,25,30H,5-8,11-12,14H2,1-4H3/t17?,18-,25+,26-,27+/m1/s1. The highest BCUT2D eigenvalue weighted by Crippen LogP contribution is 2.70. The van der Waals surface area contributed by atoms with Gasteiger partial charge in [0, 0.05) is 35.8 Å². The average Bonchev–Trinajstić information content (AvgIpc) is 3.34. The quantitative estimate of drug-likeness (QED) is 0.353. The SMILES string of the molecule is CN1CC[C@]23c4c5c(CCC(=O)ON6C(=O)CCC6=O)cc(O)c4O[C@H]2[C@](C)(P(C)(C)=O)C=CC3[C@H]1C5.